The Bertz CT molecular complexity index is 1690. The number of allylic oxidation sites excluding steroid dienone is 12. The molecule has 0 bridgehead atoms. The second-order valence-corrected chi connectivity index (χ2v) is 24.8. The Morgan fingerprint density at radius 2 is 0.619 bits per heavy atom. The highest BCUT2D eigenvalue weighted by Gasteiger charge is 2.28. The van der Waals surface area contributed by atoms with Crippen molar-refractivity contribution in [2.24, 2.45) is 0 Å². The lowest BCUT2D eigenvalue weighted by Crippen LogP contribution is -2.30. The van der Waals surface area contributed by atoms with E-state index in [4.69, 9.17) is 23.3 Å². The van der Waals surface area contributed by atoms with E-state index in [9.17, 15) is 28.9 Å². The molecule has 84 heavy (non-hydrogen) atoms. The third kappa shape index (κ3) is 63.4. The number of unbranched alkanes of at least 4 members (excludes halogenated alkanes) is 36. The summed E-state index contributed by atoms with van der Waals surface area (Å²) in [6.45, 7) is 4.57. The van der Waals surface area contributed by atoms with Gasteiger partial charge in [0, 0.05) is 19.3 Å². The van der Waals surface area contributed by atoms with E-state index in [1.54, 1.807) is 0 Å². The van der Waals surface area contributed by atoms with Gasteiger partial charge >= 0.3 is 25.7 Å². The van der Waals surface area contributed by atoms with Crippen LogP contribution in [0.1, 0.15) is 329 Å². The van der Waals surface area contributed by atoms with Gasteiger partial charge in [0.15, 0.2) is 6.10 Å². The molecule has 0 aliphatic heterocycles. The molecule has 0 fully saturated rings. The van der Waals surface area contributed by atoms with Gasteiger partial charge < -0.3 is 24.2 Å². The molecule has 0 radical (unpaired) electrons. The molecule has 0 aromatic heterocycles. The van der Waals surface area contributed by atoms with Crippen molar-refractivity contribution in [2.75, 3.05) is 26.4 Å². The number of ether oxygens (including phenoxy) is 3. The number of carbonyl (C=O) groups excluding carboxylic acids is 3. The molecule has 0 spiro atoms. The fourth-order valence-electron chi connectivity index (χ4n) is 9.81. The van der Waals surface area contributed by atoms with Gasteiger partial charge in [-0.3, -0.25) is 23.4 Å². The Balaban J connectivity index is 4.68. The van der Waals surface area contributed by atoms with Crippen molar-refractivity contribution in [3.05, 3.63) is 72.9 Å². The predicted octanol–water partition coefficient (Wildman–Crippen LogP) is 21.6. The molecule has 488 valence electrons. The highest BCUT2D eigenvalue weighted by Crippen LogP contribution is 2.43. The lowest BCUT2D eigenvalue weighted by molar-refractivity contribution is -0.161. The quantitative estimate of drug-likeness (QED) is 0.0197. The van der Waals surface area contributed by atoms with Gasteiger partial charge in [-0.2, -0.15) is 0 Å². The Kier molecular flexibility index (Phi) is 63.5. The Morgan fingerprint density at radius 1 is 0.345 bits per heavy atom. The number of hydrogen-bond donors (Lipinski definition) is 2. The lowest BCUT2D eigenvalue weighted by Gasteiger charge is -2.21. The van der Waals surface area contributed by atoms with E-state index in [-0.39, 0.29) is 25.9 Å². The van der Waals surface area contributed by atoms with E-state index in [0.717, 1.165) is 103 Å². The van der Waals surface area contributed by atoms with E-state index < -0.39 is 57.8 Å². The zero-order valence-electron chi connectivity index (χ0n) is 54.4. The molecule has 3 atom stereocenters. The average Bonchev–Trinajstić information content (AvgIpc) is 3.55. The molecular weight excluding hydrogens is 1070 g/mol. The first kappa shape index (κ1) is 80.9. The van der Waals surface area contributed by atoms with E-state index in [1.165, 1.54) is 167 Å². The maximum atomic E-state index is 13.0. The summed E-state index contributed by atoms with van der Waals surface area (Å²) in [4.78, 5) is 48.9. The molecule has 0 rings (SSSR count). The summed E-state index contributed by atoms with van der Waals surface area (Å²) in [6, 6.07) is 0. The van der Waals surface area contributed by atoms with Crippen LogP contribution >= 0.6 is 7.82 Å². The van der Waals surface area contributed by atoms with Crippen LogP contribution in [-0.4, -0.2) is 66.5 Å². The second kappa shape index (κ2) is 65.9. The number of phosphoric ester groups is 1. The SMILES string of the molecule is CC/C=C\C/C=C\C/C=C\C/C=C\CCCCCCCCC(=O)OCC(COP(=O)(O)OCC(CO)OC(=O)CCCCCCCCCCC/C=C\CCCCCCCC)OC(=O)CCCCCCCCCCC/C=C\CCCCCCCC. The number of esters is 3. The van der Waals surface area contributed by atoms with Crippen molar-refractivity contribution < 1.29 is 52.2 Å². The van der Waals surface area contributed by atoms with Gasteiger partial charge in [-0.1, -0.05) is 273 Å². The van der Waals surface area contributed by atoms with Crippen LogP contribution in [0, 0.1) is 0 Å². The van der Waals surface area contributed by atoms with E-state index in [0.29, 0.717) is 19.3 Å². The maximum Gasteiger partial charge on any atom is 0.472 e. The van der Waals surface area contributed by atoms with Crippen LogP contribution in [0.25, 0.3) is 0 Å². The molecule has 3 unspecified atom stereocenters. The number of hydrogen-bond acceptors (Lipinski definition) is 10. The number of rotatable bonds is 65. The molecule has 2 N–H and O–H groups in total. The third-order valence-corrected chi connectivity index (χ3v) is 16.0. The molecule has 0 saturated carbocycles. The van der Waals surface area contributed by atoms with Crippen molar-refractivity contribution >= 4 is 25.7 Å². The number of aliphatic hydroxyl groups is 1. The molecule has 0 aromatic rings. The molecular formula is C72H129O11P. The summed E-state index contributed by atoms with van der Waals surface area (Å²) in [5, 5.41) is 9.88. The first-order valence-electron chi connectivity index (χ1n) is 34.8. The summed E-state index contributed by atoms with van der Waals surface area (Å²) in [5.41, 5.74) is 0. The topological polar surface area (TPSA) is 155 Å². The van der Waals surface area contributed by atoms with Crippen LogP contribution in [0.4, 0.5) is 0 Å². The van der Waals surface area contributed by atoms with Crippen LogP contribution in [0.3, 0.4) is 0 Å². The number of carbonyl (C=O) groups is 3. The standard InChI is InChI=1S/C72H129O11P/c1-4-7-10-13-16-19-22-25-28-31-34-37-40-43-46-49-52-55-58-61-70(74)79-65-69(83-72(76)63-60-57-54-51-48-45-42-39-36-33-30-27-24-21-18-15-12-9-6-3)67-81-84(77,78)80-66-68(64-73)82-71(75)62-59-56-53-50-47-44-41-38-35-32-29-26-23-20-17-14-11-8-5-2/h7,10,16,19,25-30,34,37,68-69,73H,4-6,8-9,11-15,17-18,20-24,31-33,35-36,38-67H2,1-3H3,(H,77,78)/b10-7-,19-16-,28-25-,29-26-,30-27-,37-34-. The van der Waals surface area contributed by atoms with Gasteiger partial charge in [0.05, 0.1) is 19.8 Å². The minimum atomic E-state index is -4.76. The molecule has 11 nitrogen and oxygen atoms in total. The van der Waals surface area contributed by atoms with Gasteiger partial charge in [-0.25, -0.2) is 4.57 Å². The Labute approximate surface area is 516 Å². The van der Waals surface area contributed by atoms with Crippen molar-refractivity contribution in [2.45, 2.75) is 341 Å². The molecule has 0 aliphatic carbocycles. The molecule has 12 heteroatoms. The molecule has 0 aliphatic rings. The fraction of sp³-hybridized carbons (Fsp3) is 0.792. The summed E-state index contributed by atoms with van der Waals surface area (Å²) >= 11 is 0. The van der Waals surface area contributed by atoms with E-state index in [1.807, 2.05) is 0 Å². The first-order chi connectivity index (χ1) is 41.2. The third-order valence-electron chi connectivity index (χ3n) is 15.1. The molecule has 0 saturated heterocycles. The van der Waals surface area contributed by atoms with Crippen molar-refractivity contribution in [1.29, 1.82) is 0 Å². The minimum Gasteiger partial charge on any atom is -0.462 e. The number of phosphoric acid groups is 1. The summed E-state index contributed by atoms with van der Waals surface area (Å²) in [5.74, 6) is -1.47. The van der Waals surface area contributed by atoms with Crippen LogP contribution in [0.5, 0.6) is 0 Å². The maximum absolute atomic E-state index is 13.0. The highest BCUT2D eigenvalue weighted by molar-refractivity contribution is 7.47. The van der Waals surface area contributed by atoms with Gasteiger partial charge in [-0.05, 0) is 109 Å². The van der Waals surface area contributed by atoms with Gasteiger partial charge in [-0.15, -0.1) is 0 Å². The van der Waals surface area contributed by atoms with Crippen LogP contribution in [-0.2, 0) is 42.2 Å². The van der Waals surface area contributed by atoms with Crippen molar-refractivity contribution in [1.82, 2.24) is 0 Å². The van der Waals surface area contributed by atoms with Crippen molar-refractivity contribution in [3.8, 4) is 0 Å². The minimum absolute atomic E-state index is 0.162. The fourth-order valence-corrected chi connectivity index (χ4v) is 10.6. The van der Waals surface area contributed by atoms with Gasteiger partial charge in [0.1, 0.15) is 12.7 Å². The smallest absolute Gasteiger partial charge is 0.462 e. The van der Waals surface area contributed by atoms with Gasteiger partial charge in [0.2, 0.25) is 0 Å². The second-order valence-electron chi connectivity index (χ2n) is 23.3. The molecule has 0 amide bonds. The number of aliphatic hydroxyl groups excluding tert-OH is 1. The van der Waals surface area contributed by atoms with Crippen LogP contribution < -0.4 is 0 Å². The van der Waals surface area contributed by atoms with Crippen LogP contribution in [0.2, 0.25) is 0 Å². The van der Waals surface area contributed by atoms with Gasteiger partial charge in [0.25, 0.3) is 0 Å². The van der Waals surface area contributed by atoms with E-state index in [2.05, 4.69) is 93.7 Å². The zero-order chi connectivity index (χ0) is 61.2. The normalized spacial score (nSPS) is 13.6. The summed E-state index contributed by atoms with van der Waals surface area (Å²) in [6.07, 6.45) is 77.0. The monoisotopic (exact) mass is 1200 g/mol. The van der Waals surface area contributed by atoms with Crippen molar-refractivity contribution in [3.63, 3.8) is 0 Å². The average molecular weight is 1200 g/mol. The Morgan fingerprint density at radius 3 is 0.964 bits per heavy atom. The Hall–Kier alpha value is -3.08. The predicted molar refractivity (Wildman–Crippen MR) is 353 cm³/mol. The molecule has 0 aromatic carbocycles. The van der Waals surface area contributed by atoms with E-state index >= 15 is 0 Å². The highest BCUT2D eigenvalue weighted by atomic mass is 31.2. The van der Waals surface area contributed by atoms with Crippen LogP contribution in [0.15, 0.2) is 72.9 Å². The summed E-state index contributed by atoms with van der Waals surface area (Å²) in [7, 11) is -4.76. The zero-order valence-corrected chi connectivity index (χ0v) is 55.3. The summed E-state index contributed by atoms with van der Waals surface area (Å²) < 4.78 is 39.8. The first-order valence-corrected chi connectivity index (χ1v) is 36.3. The lowest BCUT2D eigenvalue weighted by atomic mass is 10.1. The largest absolute Gasteiger partial charge is 0.472 e. The molecule has 0 heterocycles.